The lowest BCUT2D eigenvalue weighted by molar-refractivity contribution is 0.146. The highest BCUT2D eigenvalue weighted by atomic mass is 19.3. The number of aliphatic imine (C=N–C) groups is 2. The van der Waals surface area contributed by atoms with Gasteiger partial charge in [-0.2, -0.15) is 0 Å². The lowest BCUT2D eigenvalue weighted by Gasteiger charge is -2.25. The number of hydrogen-bond acceptors (Lipinski definition) is 6. The summed E-state index contributed by atoms with van der Waals surface area (Å²) in [4.78, 5) is 17.3. The first-order chi connectivity index (χ1) is 10.1. The standard InChI is InChI=1S/C12H17F2N7/c1-16-11(19-7-21-4-2-17-3-5-21)8-6-18-12(15)20-9(8)10(13)14/h6,10,17H,1-5,7H2,(H2,15,18,20)/b19-11-. The van der Waals surface area contributed by atoms with Crippen LogP contribution in [0.25, 0.3) is 0 Å². The third-order valence-corrected chi connectivity index (χ3v) is 3.06. The molecular formula is C12H17F2N7. The Morgan fingerprint density at radius 3 is 2.81 bits per heavy atom. The van der Waals surface area contributed by atoms with E-state index in [4.69, 9.17) is 5.73 Å². The fraction of sp³-hybridized carbons (Fsp3) is 0.500. The number of nitrogens with two attached hydrogens (primary N) is 1. The first kappa shape index (κ1) is 15.4. The smallest absolute Gasteiger partial charge is 0.281 e. The van der Waals surface area contributed by atoms with Crippen LogP contribution in [0, 0.1) is 0 Å². The molecule has 21 heavy (non-hydrogen) atoms. The summed E-state index contributed by atoms with van der Waals surface area (Å²) in [6.07, 6.45) is -1.58. The summed E-state index contributed by atoms with van der Waals surface area (Å²) in [5.74, 6) is -0.108. The van der Waals surface area contributed by atoms with Gasteiger partial charge in [-0.3, -0.25) is 9.89 Å². The third-order valence-electron chi connectivity index (χ3n) is 3.06. The zero-order valence-corrected chi connectivity index (χ0v) is 11.5. The highest BCUT2D eigenvalue weighted by Gasteiger charge is 2.19. The molecule has 0 radical (unpaired) electrons. The van der Waals surface area contributed by atoms with Crippen molar-refractivity contribution in [1.82, 2.24) is 20.2 Å². The summed E-state index contributed by atoms with van der Waals surface area (Å²) in [6, 6.07) is 0. The average Bonchev–Trinajstić information content (AvgIpc) is 2.50. The minimum Gasteiger partial charge on any atom is -0.368 e. The number of alkyl halides is 2. The van der Waals surface area contributed by atoms with Gasteiger partial charge in [-0.1, -0.05) is 0 Å². The Hall–Kier alpha value is -2.00. The van der Waals surface area contributed by atoms with Gasteiger partial charge in [0, 0.05) is 32.4 Å². The van der Waals surface area contributed by atoms with Crippen molar-refractivity contribution >= 4 is 18.5 Å². The van der Waals surface area contributed by atoms with Crippen molar-refractivity contribution in [2.45, 2.75) is 6.43 Å². The van der Waals surface area contributed by atoms with Gasteiger partial charge in [0.05, 0.1) is 12.2 Å². The Labute approximate surface area is 121 Å². The summed E-state index contributed by atoms with van der Waals surface area (Å²) >= 11 is 0. The molecular weight excluding hydrogens is 280 g/mol. The Kier molecular flexibility index (Phi) is 5.23. The van der Waals surface area contributed by atoms with Crippen molar-refractivity contribution in [1.29, 1.82) is 0 Å². The van der Waals surface area contributed by atoms with Gasteiger partial charge in [0.1, 0.15) is 5.69 Å². The van der Waals surface area contributed by atoms with Crippen molar-refractivity contribution in [2.24, 2.45) is 9.98 Å². The molecule has 2 heterocycles. The van der Waals surface area contributed by atoms with E-state index in [9.17, 15) is 8.78 Å². The molecule has 0 bridgehead atoms. The van der Waals surface area contributed by atoms with Gasteiger partial charge in [0.25, 0.3) is 6.43 Å². The summed E-state index contributed by atoms with van der Waals surface area (Å²) in [7, 11) is 0. The molecule has 0 aromatic carbocycles. The van der Waals surface area contributed by atoms with Crippen LogP contribution in [0.15, 0.2) is 16.2 Å². The van der Waals surface area contributed by atoms with E-state index in [1.807, 2.05) is 0 Å². The third kappa shape index (κ3) is 3.99. The van der Waals surface area contributed by atoms with Gasteiger partial charge in [0.15, 0.2) is 5.84 Å². The van der Waals surface area contributed by atoms with Gasteiger partial charge in [-0.15, -0.1) is 0 Å². The number of piperazine rings is 1. The van der Waals surface area contributed by atoms with Crippen LogP contribution < -0.4 is 11.1 Å². The maximum absolute atomic E-state index is 13.0. The monoisotopic (exact) mass is 297 g/mol. The number of nitrogens with zero attached hydrogens (tertiary/aromatic N) is 5. The fourth-order valence-corrected chi connectivity index (χ4v) is 1.99. The molecule has 1 aromatic rings. The van der Waals surface area contributed by atoms with Gasteiger partial charge in [-0.05, 0) is 6.72 Å². The minimum absolute atomic E-state index is 0.0596. The zero-order valence-electron chi connectivity index (χ0n) is 11.5. The molecule has 0 saturated carbocycles. The molecule has 7 nitrogen and oxygen atoms in total. The molecule has 0 atom stereocenters. The number of anilines is 1. The molecule has 9 heteroatoms. The van der Waals surface area contributed by atoms with E-state index in [0.717, 1.165) is 26.2 Å². The maximum Gasteiger partial charge on any atom is 0.281 e. The number of hydrogen-bond donors (Lipinski definition) is 2. The molecule has 0 unspecified atom stereocenters. The van der Waals surface area contributed by atoms with E-state index >= 15 is 0 Å². The van der Waals surface area contributed by atoms with Gasteiger partial charge in [0.2, 0.25) is 5.95 Å². The van der Waals surface area contributed by atoms with E-state index in [1.165, 1.54) is 6.20 Å². The van der Waals surface area contributed by atoms with E-state index in [2.05, 4.69) is 36.9 Å². The zero-order chi connectivity index (χ0) is 15.2. The first-order valence-corrected chi connectivity index (χ1v) is 6.47. The molecule has 1 aliphatic rings. The van der Waals surface area contributed by atoms with Crippen LogP contribution >= 0.6 is 0 Å². The van der Waals surface area contributed by atoms with Crippen LogP contribution in [0.3, 0.4) is 0 Å². The van der Waals surface area contributed by atoms with Crippen molar-refractivity contribution in [3.8, 4) is 0 Å². The Balaban J connectivity index is 2.21. The molecule has 114 valence electrons. The van der Waals surface area contributed by atoms with Gasteiger partial charge in [-0.25, -0.2) is 23.7 Å². The van der Waals surface area contributed by atoms with Crippen LogP contribution in [-0.2, 0) is 0 Å². The van der Waals surface area contributed by atoms with Crippen molar-refractivity contribution < 1.29 is 8.78 Å². The number of halogens is 2. The summed E-state index contributed by atoms with van der Waals surface area (Å²) in [5, 5.41) is 3.22. The second-order valence-corrected chi connectivity index (χ2v) is 4.48. The molecule has 0 amide bonds. The molecule has 0 spiro atoms. The number of nitrogens with one attached hydrogen (secondary N) is 1. The molecule has 1 fully saturated rings. The lowest BCUT2D eigenvalue weighted by atomic mass is 10.2. The van der Waals surface area contributed by atoms with Gasteiger partial charge >= 0.3 is 0 Å². The Bertz CT molecular complexity index is 526. The van der Waals surface area contributed by atoms with Crippen molar-refractivity contribution in [3.63, 3.8) is 0 Å². The predicted octanol–water partition coefficient (Wildman–Crippen LogP) is 0.306. The SMILES string of the molecule is C=N/C(=N\CN1CCNCC1)c1cnc(N)nc1C(F)F. The molecule has 1 saturated heterocycles. The number of rotatable bonds is 4. The van der Waals surface area contributed by atoms with Crippen LogP contribution in [-0.4, -0.2) is 60.3 Å². The predicted molar refractivity (Wildman–Crippen MR) is 76.8 cm³/mol. The summed E-state index contributed by atoms with van der Waals surface area (Å²) in [5.41, 5.74) is 4.92. The van der Waals surface area contributed by atoms with Gasteiger partial charge < -0.3 is 11.1 Å². The second-order valence-electron chi connectivity index (χ2n) is 4.48. The molecule has 1 aliphatic heterocycles. The second kappa shape index (κ2) is 7.14. The van der Waals surface area contributed by atoms with E-state index in [-0.39, 0.29) is 17.3 Å². The molecule has 3 N–H and O–H groups in total. The molecule has 2 rings (SSSR count). The number of amidine groups is 1. The van der Waals surface area contributed by atoms with E-state index in [0.29, 0.717) is 6.67 Å². The fourth-order valence-electron chi connectivity index (χ4n) is 1.99. The quantitative estimate of drug-likeness (QED) is 0.616. The highest BCUT2D eigenvalue weighted by Crippen LogP contribution is 2.21. The molecule has 1 aromatic heterocycles. The Morgan fingerprint density at radius 1 is 1.48 bits per heavy atom. The summed E-state index contributed by atoms with van der Waals surface area (Å²) in [6.45, 7) is 7.18. The van der Waals surface area contributed by atoms with Crippen LogP contribution in [0.1, 0.15) is 17.7 Å². The first-order valence-electron chi connectivity index (χ1n) is 6.47. The topological polar surface area (TPSA) is 91.8 Å². The minimum atomic E-state index is -2.78. The highest BCUT2D eigenvalue weighted by molar-refractivity contribution is 6.02. The van der Waals surface area contributed by atoms with Crippen LogP contribution in [0.2, 0.25) is 0 Å². The average molecular weight is 297 g/mol. The largest absolute Gasteiger partial charge is 0.368 e. The van der Waals surface area contributed by atoms with E-state index in [1.54, 1.807) is 0 Å². The van der Waals surface area contributed by atoms with Crippen molar-refractivity contribution in [3.05, 3.63) is 17.5 Å². The van der Waals surface area contributed by atoms with Crippen LogP contribution in [0.5, 0.6) is 0 Å². The number of nitrogen functional groups attached to an aromatic ring is 1. The van der Waals surface area contributed by atoms with Crippen molar-refractivity contribution in [2.75, 3.05) is 38.6 Å². The molecule has 0 aliphatic carbocycles. The lowest BCUT2D eigenvalue weighted by Crippen LogP contribution is -2.43. The summed E-state index contributed by atoms with van der Waals surface area (Å²) < 4.78 is 26.0. The Morgan fingerprint density at radius 2 is 2.19 bits per heavy atom. The normalized spacial score (nSPS) is 17.2. The maximum atomic E-state index is 13.0. The number of aromatic nitrogens is 2. The van der Waals surface area contributed by atoms with Crippen LogP contribution in [0.4, 0.5) is 14.7 Å². The van der Waals surface area contributed by atoms with E-state index < -0.39 is 12.1 Å².